The van der Waals surface area contributed by atoms with Crippen molar-refractivity contribution >= 4 is 56.0 Å². The van der Waals surface area contributed by atoms with Gasteiger partial charge in [-0.15, -0.1) is 0 Å². The molecule has 2 nitrogen and oxygen atoms in total. The van der Waals surface area contributed by atoms with Crippen molar-refractivity contribution in [3.63, 3.8) is 0 Å². The lowest BCUT2D eigenvalue weighted by atomic mass is 10.0. The van der Waals surface area contributed by atoms with Crippen LogP contribution in [0.1, 0.15) is 19.8 Å². The zero-order valence-corrected chi connectivity index (χ0v) is 19.8. The molecule has 0 bridgehead atoms. The number of hydrogen-bond acceptors (Lipinski definition) is 1. The summed E-state index contributed by atoms with van der Waals surface area (Å²) in [5, 5.41) is 5.04. The summed E-state index contributed by atoms with van der Waals surface area (Å²) in [7, 11) is 0. The van der Waals surface area contributed by atoms with Gasteiger partial charge in [0.25, 0.3) is 0 Å². The van der Waals surface area contributed by atoms with Gasteiger partial charge in [-0.1, -0.05) is 92.2 Å². The minimum Gasteiger partial charge on any atom is -0.454 e. The first-order valence-corrected chi connectivity index (χ1v) is 12.0. The largest absolute Gasteiger partial charge is 0.454 e. The molecule has 0 radical (unpaired) electrons. The predicted molar refractivity (Wildman–Crippen MR) is 145 cm³/mol. The topological polar surface area (TPSA) is 18.1 Å². The van der Waals surface area contributed by atoms with E-state index in [1.807, 2.05) is 0 Å². The van der Waals surface area contributed by atoms with Gasteiger partial charge in [-0.2, -0.15) is 0 Å². The number of para-hydroxylation sites is 3. The number of nitrogens with zero attached hydrogens (tertiary/aromatic N) is 1. The fourth-order valence-corrected chi connectivity index (χ4v) is 5.29. The third kappa shape index (κ3) is 3.18. The number of fused-ring (bicyclic) bond motifs is 4. The number of aromatic nitrogens is 1. The summed E-state index contributed by atoms with van der Waals surface area (Å²) in [6.45, 7) is 6.38. The van der Waals surface area contributed by atoms with Gasteiger partial charge in [0.15, 0.2) is 0 Å². The normalized spacial score (nSPS) is 12.6. The average molecular weight is 462 g/mol. The quantitative estimate of drug-likeness (QED) is 0.262. The van der Waals surface area contributed by atoms with Gasteiger partial charge < -0.3 is 8.98 Å². The maximum absolute atomic E-state index is 6.57. The van der Waals surface area contributed by atoms with Gasteiger partial charge in [0.2, 0.25) is 0 Å². The molecular formula is C31H24ClNO. The molecule has 0 fully saturated rings. The molecule has 0 spiro atoms. The Morgan fingerprint density at radius 2 is 1.56 bits per heavy atom. The van der Waals surface area contributed by atoms with Crippen LogP contribution in [0.25, 0.3) is 61.2 Å². The molecule has 0 saturated carbocycles. The van der Waals surface area contributed by atoms with Crippen molar-refractivity contribution in [2.75, 3.05) is 0 Å². The van der Waals surface area contributed by atoms with Gasteiger partial charge in [0, 0.05) is 32.6 Å². The van der Waals surface area contributed by atoms with Crippen molar-refractivity contribution in [2.45, 2.75) is 19.8 Å². The summed E-state index contributed by atoms with van der Waals surface area (Å²) >= 11 is 6.57. The summed E-state index contributed by atoms with van der Waals surface area (Å²) in [5.41, 5.74) is 7.23. The second-order valence-electron chi connectivity index (χ2n) is 8.67. The smallest absolute Gasteiger partial charge is 0.149 e. The van der Waals surface area contributed by atoms with Gasteiger partial charge in [-0.3, -0.25) is 0 Å². The molecule has 2 heterocycles. The lowest BCUT2D eigenvalue weighted by Crippen LogP contribution is -2.19. The third-order valence-electron chi connectivity index (χ3n) is 6.53. The molecule has 6 rings (SSSR count). The van der Waals surface area contributed by atoms with E-state index in [4.69, 9.17) is 16.0 Å². The van der Waals surface area contributed by atoms with Crippen LogP contribution >= 0.6 is 11.6 Å². The van der Waals surface area contributed by atoms with E-state index in [0.717, 1.165) is 50.9 Å². The number of halogens is 1. The maximum Gasteiger partial charge on any atom is 0.149 e. The zero-order chi connectivity index (χ0) is 23.2. The summed E-state index contributed by atoms with van der Waals surface area (Å²) in [6, 6.07) is 32.0. The molecule has 166 valence electrons. The third-order valence-corrected chi connectivity index (χ3v) is 6.89. The molecule has 0 aliphatic heterocycles. The van der Waals surface area contributed by atoms with E-state index in [0.29, 0.717) is 5.42 Å². The Morgan fingerprint density at radius 1 is 0.824 bits per heavy atom. The molecule has 2 aromatic heterocycles. The molecule has 0 unspecified atom stereocenters. The van der Waals surface area contributed by atoms with Crippen molar-refractivity contribution in [1.82, 2.24) is 4.57 Å². The zero-order valence-electron chi connectivity index (χ0n) is 19.0. The van der Waals surface area contributed by atoms with E-state index >= 15 is 0 Å². The molecule has 3 heteroatoms. The highest BCUT2D eigenvalue weighted by molar-refractivity contribution is 6.44. The lowest BCUT2D eigenvalue weighted by Gasteiger charge is -2.08. The van der Waals surface area contributed by atoms with E-state index in [1.54, 1.807) is 0 Å². The number of rotatable bonds is 4. The summed E-state index contributed by atoms with van der Waals surface area (Å²) in [4.78, 5) is 0. The molecule has 0 N–H and O–H groups in total. The molecule has 34 heavy (non-hydrogen) atoms. The molecule has 0 amide bonds. The fraction of sp³-hybridized carbons (Fsp3) is 0.0968. The number of hydrogen-bond donors (Lipinski definition) is 0. The lowest BCUT2D eigenvalue weighted by molar-refractivity contribution is 0.572. The Balaban J connectivity index is 1.63. The molecule has 0 saturated heterocycles. The first kappa shape index (κ1) is 20.8. The Bertz CT molecular complexity index is 1790. The van der Waals surface area contributed by atoms with Gasteiger partial charge in [0.1, 0.15) is 11.0 Å². The van der Waals surface area contributed by atoms with Gasteiger partial charge in [-0.25, -0.2) is 0 Å². The van der Waals surface area contributed by atoms with Crippen molar-refractivity contribution in [2.24, 2.45) is 0 Å². The van der Waals surface area contributed by atoms with E-state index < -0.39 is 0 Å². The SMILES string of the molecule is C=c1/c(=C(/Cl)CCC)oc2c(-c3ccc4c(c3)c3ccccc3n4-c3ccccc3)cccc12. The summed E-state index contributed by atoms with van der Waals surface area (Å²) in [5.74, 6) is 0. The first-order valence-electron chi connectivity index (χ1n) is 11.7. The number of benzene rings is 4. The van der Waals surface area contributed by atoms with Gasteiger partial charge in [-0.05, 0) is 42.3 Å². The van der Waals surface area contributed by atoms with Crippen LogP contribution in [-0.2, 0) is 0 Å². The molecule has 0 atom stereocenters. The maximum atomic E-state index is 6.57. The van der Waals surface area contributed by atoms with Crippen LogP contribution in [0.3, 0.4) is 0 Å². The summed E-state index contributed by atoms with van der Waals surface area (Å²) < 4.78 is 8.66. The van der Waals surface area contributed by atoms with E-state index in [2.05, 4.69) is 109 Å². The fourth-order valence-electron chi connectivity index (χ4n) is 4.95. The Kier molecular flexibility index (Phi) is 5.04. The monoisotopic (exact) mass is 461 g/mol. The highest BCUT2D eigenvalue weighted by atomic mass is 35.5. The number of furan rings is 1. The van der Waals surface area contributed by atoms with Crippen molar-refractivity contribution < 1.29 is 4.42 Å². The minimum atomic E-state index is 0.702. The van der Waals surface area contributed by atoms with Gasteiger partial charge in [0.05, 0.1) is 16.1 Å². The second-order valence-corrected chi connectivity index (χ2v) is 9.12. The van der Waals surface area contributed by atoms with Crippen molar-refractivity contribution in [3.05, 3.63) is 102 Å². The van der Waals surface area contributed by atoms with Crippen molar-refractivity contribution in [1.29, 1.82) is 0 Å². The summed E-state index contributed by atoms with van der Waals surface area (Å²) in [6.07, 6.45) is 1.74. The minimum absolute atomic E-state index is 0.702. The van der Waals surface area contributed by atoms with Crippen LogP contribution in [-0.4, -0.2) is 4.57 Å². The standard InChI is InChI=1S/C31H24ClNO/c1-3-10-27(32)30-20(2)23-14-9-15-24(31(23)34-30)21-17-18-29-26(19-21)25-13-7-8-16-28(25)33(29)22-11-5-4-6-12-22/h4-9,11-19H,2-3,10H2,1H3/b30-27-. The van der Waals surface area contributed by atoms with E-state index in [9.17, 15) is 0 Å². The Hall–Kier alpha value is -3.75. The Morgan fingerprint density at radius 3 is 2.38 bits per heavy atom. The Labute approximate surface area is 203 Å². The van der Waals surface area contributed by atoms with E-state index in [1.165, 1.54) is 21.8 Å². The molecular weight excluding hydrogens is 438 g/mol. The molecule has 0 aliphatic carbocycles. The van der Waals surface area contributed by atoms with Crippen molar-refractivity contribution in [3.8, 4) is 16.8 Å². The predicted octanol–water partition coefficient (Wildman–Crippen LogP) is 7.75. The second kappa shape index (κ2) is 8.23. The van der Waals surface area contributed by atoms with Crippen LogP contribution in [0.5, 0.6) is 0 Å². The first-order chi connectivity index (χ1) is 16.7. The van der Waals surface area contributed by atoms with Crippen LogP contribution in [0.4, 0.5) is 0 Å². The molecule has 4 aromatic carbocycles. The molecule has 0 aliphatic rings. The van der Waals surface area contributed by atoms with Crippen LogP contribution < -0.4 is 10.6 Å². The molecule has 6 aromatic rings. The van der Waals surface area contributed by atoms with Crippen LogP contribution in [0.2, 0.25) is 0 Å². The van der Waals surface area contributed by atoms with Gasteiger partial charge >= 0.3 is 0 Å². The highest BCUT2D eigenvalue weighted by Gasteiger charge is 2.15. The van der Waals surface area contributed by atoms with Crippen LogP contribution in [0, 0.1) is 0 Å². The highest BCUT2D eigenvalue weighted by Crippen LogP contribution is 2.36. The average Bonchev–Trinajstić information content (AvgIpc) is 3.39. The van der Waals surface area contributed by atoms with Crippen LogP contribution in [0.15, 0.2) is 95.4 Å². The van der Waals surface area contributed by atoms with E-state index in [-0.39, 0.29) is 0 Å².